The molecular formula is C15H20N3OSi+. The lowest BCUT2D eigenvalue weighted by Crippen LogP contribution is -2.11. The summed E-state index contributed by atoms with van der Waals surface area (Å²) in [5.74, 6) is 0.856. The average Bonchev–Trinajstić information content (AvgIpc) is 2.42. The third-order valence-electron chi connectivity index (χ3n) is 2.70. The largest absolute Gasteiger partial charge is 1.00 e. The van der Waals surface area contributed by atoms with Crippen molar-refractivity contribution >= 4 is 20.4 Å². The molecule has 5 heteroatoms. The van der Waals surface area contributed by atoms with Crippen molar-refractivity contribution in [2.75, 3.05) is 0 Å². The Bertz CT molecular complexity index is 618. The van der Waals surface area contributed by atoms with Crippen molar-refractivity contribution in [3.63, 3.8) is 0 Å². The van der Waals surface area contributed by atoms with E-state index in [1.165, 1.54) is 5.56 Å². The zero-order valence-corrected chi connectivity index (χ0v) is 13.4. The molecule has 0 aliphatic carbocycles. The van der Waals surface area contributed by atoms with Crippen molar-refractivity contribution in [3.05, 3.63) is 48.0 Å². The molecule has 0 N–H and O–H groups in total. The smallest absolute Gasteiger partial charge is 0.546 e. The van der Waals surface area contributed by atoms with E-state index in [1.54, 1.807) is 18.6 Å². The van der Waals surface area contributed by atoms with Gasteiger partial charge in [-0.1, -0.05) is 6.07 Å². The molecule has 0 amide bonds. The van der Waals surface area contributed by atoms with Crippen molar-refractivity contribution < 1.29 is 5.85 Å². The molecule has 2 rings (SSSR count). The first-order chi connectivity index (χ1) is 9.56. The fraction of sp³-hybridized carbons (Fsp3) is 0.267. The highest BCUT2D eigenvalue weighted by Gasteiger charge is 2.07. The first kappa shape index (κ1) is 14.4. The molecule has 0 saturated carbocycles. The number of nitrogens with zero attached hydrogens (tertiary/aromatic N) is 3. The SMILES string of the molecule is CC(=Nc1ccc(C)cc1O[SiH](C)C)c1cnccn1.[H+]. The maximum Gasteiger partial charge on any atom is 1.00 e. The summed E-state index contributed by atoms with van der Waals surface area (Å²) in [6, 6.07) is 6.06. The standard InChI is InChI=1S/C15H19N3OSi/c1-11-5-6-13(15(9-11)19-20(3)4)18-12(2)14-10-16-7-8-17-14/h5-10,20H,1-4H3/p+1. The summed E-state index contributed by atoms with van der Waals surface area (Å²) < 4.78 is 5.96. The molecule has 20 heavy (non-hydrogen) atoms. The summed E-state index contributed by atoms with van der Waals surface area (Å²) in [4.78, 5) is 13.0. The Kier molecular flexibility index (Phi) is 4.63. The minimum Gasteiger partial charge on any atom is -0.546 e. The molecule has 4 nitrogen and oxygen atoms in total. The van der Waals surface area contributed by atoms with Crippen molar-refractivity contribution in [2.24, 2.45) is 4.99 Å². The number of rotatable bonds is 4. The van der Waals surface area contributed by atoms with Crippen LogP contribution in [0.3, 0.4) is 0 Å². The summed E-state index contributed by atoms with van der Waals surface area (Å²) in [6.07, 6.45) is 5.04. The fourth-order valence-corrected chi connectivity index (χ4v) is 2.48. The van der Waals surface area contributed by atoms with E-state index in [-0.39, 0.29) is 1.43 Å². The van der Waals surface area contributed by atoms with Crippen LogP contribution in [0.4, 0.5) is 5.69 Å². The lowest BCUT2D eigenvalue weighted by atomic mass is 10.2. The summed E-state index contributed by atoms with van der Waals surface area (Å²) in [6.45, 7) is 8.27. The van der Waals surface area contributed by atoms with Crippen LogP contribution >= 0.6 is 0 Å². The lowest BCUT2D eigenvalue weighted by molar-refractivity contribution is 0.581. The first-order valence-electron chi connectivity index (χ1n) is 6.65. The van der Waals surface area contributed by atoms with Crippen LogP contribution in [0.15, 0.2) is 41.8 Å². The van der Waals surface area contributed by atoms with Crippen molar-refractivity contribution in [3.8, 4) is 5.75 Å². The van der Waals surface area contributed by atoms with Gasteiger partial charge in [0.15, 0.2) is 0 Å². The molecular weight excluding hydrogens is 266 g/mol. The van der Waals surface area contributed by atoms with E-state index in [0.717, 1.165) is 22.8 Å². The molecule has 0 unspecified atom stereocenters. The van der Waals surface area contributed by atoms with Crippen molar-refractivity contribution in [1.82, 2.24) is 9.97 Å². The van der Waals surface area contributed by atoms with Gasteiger partial charge in [-0.3, -0.25) is 9.97 Å². The van der Waals surface area contributed by atoms with Gasteiger partial charge in [-0.2, -0.15) is 0 Å². The molecule has 0 aliphatic rings. The molecule has 0 spiro atoms. The van der Waals surface area contributed by atoms with Crippen LogP contribution in [-0.2, 0) is 0 Å². The molecule has 0 radical (unpaired) electrons. The van der Waals surface area contributed by atoms with E-state index in [4.69, 9.17) is 4.43 Å². The monoisotopic (exact) mass is 286 g/mol. The summed E-state index contributed by atoms with van der Waals surface area (Å²) in [7, 11) is -1.16. The Hall–Kier alpha value is -2.01. The molecule has 104 valence electrons. The number of benzene rings is 1. The fourth-order valence-electron chi connectivity index (χ4n) is 1.79. The molecule has 2 aromatic rings. The molecule has 1 heterocycles. The first-order valence-corrected chi connectivity index (χ1v) is 9.43. The Morgan fingerprint density at radius 2 is 2.10 bits per heavy atom. The van der Waals surface area contributed by atoms with Gasteiger partial charge in [0.1, 0.15) is 17.1 Å². The summed E-state index contributed by atoms with van der Waals surface area (Å²) in [5.41, 5.74) is 3.63. The van der Waals surface area contributed by atoms with Crippen LogP contribution in [0.5, 0.6) is 5.75 Å². The second-order valence-electron chi connectivity index (χ2n) is 4.93. The molecule has 1 aromatic heterocycles. The van der Waals surface area contributed by atoms with Crippen LogP contribution in [0, 0.1) is 6.92 Å². The van der Waals surface area contributed by atoms with Crippen LogP contribution in [0.2, 0.25) is 13.1 Å². The van der Waals surface area contributed by atoms with Gasteiger partial charge in [0.2, 0.25) is 9.04 Å². The third kappa shape index (κ3) is 3.74. The van der Waals surface area contributed by atoms with Gasteiger partial charge < -0.3 is 4.43 Å². The van der Waals surface area contributed by atoms with E-state index >= 15 is 0 Å². The van der Waals surface area contributed by atoms with Crippen molar-refractivity contribution in [2.45, 2.75) is 26.9 Å². The summed E-state index contributed by atoms with van der Waals surface area (Å²) in [5, 5.41) is 0. The number of aromatic nitrogens is 2. The Morgan fingerprint density at radius 3 is 2.75 bits per heavy atom. The highest BCUT2D eigenvalue weighted by molar-refractivity contribution is 6.49. The molecule has 0 aliphatic heterocycles. The van der Waals surface area contributed by atoms with Gasteiger partial charge >= 0.3 is 1.43 Å². The number of hydrogen-bond acceptors (Lipinski definition) is 4. The quantitative estimate of drug-likeness (QED) is 0.639. The van der Waals surface area contributed by atoms with Crippen LogP contribution in [0.25, 0.3) is 0 Å². The Balaban J connectivity index is 0.00000220. The topological polar surface area (TPSA) is 47.4 Å². The van der Waals surface area contributed by atoms with Crippen LogP contribution < -0.4 is 4.43 Å². The number of aryl methyl sites for hydroxylation is 1. The van der Waals surface area contributed by atoms with Crippen LogP contribution in [-0.4, -0.2) is 24.7 Å². The normalized spacial score (nSPS) is 11.8. The van der Waals surface area contributed by atoms with E-state index in [9.17, 15) is 0 Å². The van der Waals surface area contributed by atoms with Gasteiger partial charge in [-0.15, -0.1) is 0 Å². The summed E-state index contributed by atoms with van der Waals surface area (Å²) >= 11 is 0. The van der Waals surface area contributed by atoms with Gasteiger partial charge in [-0.05, 0) is 44.6 Å². The van der Waals surface area contributed by atoms with Gasteiger partial charge in [0.05, 0.1) is 11.9 Å². The zero-order valence-electron chi connectivity index (χ0n) is 13.3. The second-order valence-corrected chi connectivity index (χ2v) is 7.26. The van der Waals surface area contributed by atoms with E-state index in [1.807, 2.05) is 25.1 Å². The van der Waals surface area contributed by atoms with E-state index in [0.29, 0.717) is 0 Å². The molecule has 1 aromatic carbocycles. The number of hydrogen-bond donors (Lipinski definition) is 0. The van der Waals surface area contributed by atoms with Gasteiger partial charge in [0, 0.05) is 12.4 Å². The maximum atomic E-state index is 5.96. The molecule has 0 atom stereocenters. The predicted molar refractivity (Wildman–Crippen MR) is 85.7 cm³/mol. The van der Waals surface area contributed by atoms with Gasteiger partial charge in [-0.25, -0.2) is 4.99 Å². The average molecular weight is 286 g/mol. The highest BCUT2D eigenvalue weighted by Crippen LogP contribution is 2.29. The molecule has 0 saturated heterocycles. The number of aliphatic imine (C=N–C) groups is 1. The Labute approximate surface area is 122 Å². The third-order valence-corrected chi connectivity index (χ3v) is 3.43. The molecule has 0 fully saturated rings. The Morgan fingerprint density at radius 1 is 1.30 bits per heavy atom. The maximum absolute atomic E-state index is 5.96. The van der Waals surface area contributed by atoms with Gasteiger partial charge in [0.25, 0.3) is 0 Å². The predicted octanol–water partition coefficient (Wildman–Crippen LogP) is 3.40. The van der Waals surface area contributed by atoms with Crippen molar-refractivity contribution in [1.29, 1.82) is 0 Å². The minimum atomic E-state index is -1.16. The van der Waals surface area contributed by atoms with Crippen LogP contribution in [0.1, 0.15) is 19.6 Å². The second kappa shape index (κ2) is 6.43. The highest BCUT2D eigenvalue weighted by atomic mass is 28.3. The molecule has 0 bridgehead atoms. The lowest BCUT2D eigenvalue weighted by Gasteiger charge is -2.13. The van der Waals surface area contributed by atoms with E-state index < -0.39 is 9.04 Å². The zero-order chi connectivity index (χ0) is 14.5. The minimum absolute atomic E-state index is 0. The van der Waals surface area contributed by atoms with E-state index in [2.05, 4.69) is 35.0 Å².